The molecule has 4 aromatic rings. The van der Waals surface area contributed by atoms with E-state index in [-0.39, 0.29) is 0 Å². The largest absolute Gasteiger partial charge is 0.275 e. The molecule has 3 heterocycles. The van der Waals surface area contributed by atoms with Gasteiger partial charge in [0.05, 0.1) is 11.3 Å². The van der Waals surface area contributed by atoms with E-state index in [2.05, 4.69) is 20.4 Å². The summed E-state index contributed by atoms with van der Waals surface area (Å²) in [6.45, 7) is 1.97. The van der Waals surface area contributed by atoms with Crippen LogP contribution in [0.2, 0.25) is 5.02 Å². The lowest BCUT2D eigenvalue weighted by molar-refractivity contribution is 0.756. The van der Waals surface area contributed by atoms with E-state index in [9.17, 15) is 0 Å². The van der Waals surface area contributed by atoms with E-state index < -0.39 is 0 Å². The van der Waals surface area contributed by atoms with E-state index in [0.29, 0.717) is 10.8 Å². The number of halogens is 1. The van der Waals surface area contributed by atoms with Crippen molar-refractivity contribution in [2.24, 2.45) is 7.05 Å². The van der Waals surface area contributed by atoms with E-state index in [1.807, 2.05) is 44.4 Å². The van der Waals surface area contributed by atoms with Gasteiger partial charge in [-0.05, 0) is 31.2 Å². The first-order valence-corrected chi connectivity index (χ1v) is 7.80. The number of benzene rings is 1. The van der Waals surface area contributed by atoms with E-state index in [4.69, 9.17) is 11.6 Å². The molecule has 3 aromatic heterocycles. The Kier molecular flexibility index (Phi) is 2.98. The van der Waals surface area contributed by atoms with Crippen LogP contribution < -0.4 is 0 Å². The van der Waals surface area contributed by atoms with Crippen LogP contribution in [-0.4, -0.2) is 29.6 Å². The predicted octanol–water partition coefficient (Wildman–Crippen LogP) is 3.22. The molecule has 0 radical (unpaired) electrons. The molecule has 0 aliphatic carbocycles. The van der Waals surface area contributed by atoms with Crippen molar-refractivity contribution in [3.05, 3.63) is 41.2 Å². The summed E-state index contributed by atoms with van der Waals surface area (Å²) >= 11 is 7.42. The van der Waals surface area contributed by atoms with Crippen LogP contribution in [0.25, 0.3) is 26.9 Å². The van der Waals surface area contributed by atoms with Crippen molar-refractivity contribution in [2.45, 2.75) is 6.92 Å². The zero-order valence-corrected chi connectivity index (χ0v) is 13.4. The van der Waals surface area contributed by atoms with Crippen molar-refractivity contribution < 1.29 is 0 Å². The van der Waals surface area contributed by atoms with Gasteiger partial charge in [0.15, 0.2) is 10.8 Å². The Labute approximate surface area is 135 Å². The smallest absolute Gasteiger partial charge is 0.235 e. The minimum Gasteiger partial charge on any atom is -0.275 e. The number of rotatable bonds is 2. The molecule has 4 rings (SSSR count). The third-order valence-corrected chi connectivity index (χ3v) is 4.52. The highest BCUT2D eigenvalue weighted by atomic mass is 35.5. The molecule has 1 aromatic carbocycles. The van der Waals surface area contributed by atoms with Crippen LogP contribution in [0.3, 0.4) is 0 Å². The van der Waals surface area contributed by atoms with E-state index in [1.165, 1.54) is 11.3 Å². The van der Waals surface area contributed by atoms with Crippen molar-refractivity contribution >= 4 is 27.9 Å². The number of aromatic nitrogens is 6. The van der Waals surface area contributed by atoms with Gasteiger partial charge >= 0.3 is 0 Å². The summed E-state index contributed by atoms with van der Waals surface area (Å²) in [6.07, 6.45) is 1.96. The Morgan fingerprint density at radius 3 is 2.55 bits per heavy atom. The van der Waals surface area contributed by atoms with Crippen LogP contribution in [0.1, 0.15) is 5.69 Å². The molecule has 0 spiro atoms. The third-order valence-electron chi connectivity index (χ3n) is 3.34. The second kappa shape index (κ2) is 4.89. The Morgan fingerprint density at radius 2 is 1.86 bits per heavy atom. The molecule has 22 heavy (non-hydrogen) atoms. The molecule has 0 N–H and O–H groups in total. The Morgan fingerprint density at radius 1 is 1.09 bits per heavy atom. The fraction of sp³-hybridized carbons (Fsp3) is 0.143. The summed E-state index contributed by atoms with van der Waals surface area (Å²) in [4.78, 5) is 0.753. The van der Waals surface area contributed by atoms with Gasteiger partial charge in [-0.15, -0.1) is 10.2 Å². The number of fused-ring (bicyclic) bond motifs is 1. The first-order valence-electron chi connectivity index (χ1n) is 6.60. The van der Waals surface area contributed by atoms with Crippen molar-refractivity contribution in [1.29, 1.82) is 0 Å². The van der Waals surface area contributed by atoms with Crippen molar-refractivity contribution in [3.8, 4) is 22.0 Å². The van der Waals surface area contributed by atoms with Gasteiger partial charge in [-0.3, -0.25) is 4.68 Å². The zero-order chi connectivity index (χ0) is 15.3. The van der Waals surface area contributed by atoms with Gasteiger partial charge in [-0.2, -0.15) is 14.7 Å². The lowest BCUT2D eigenvalue weighted by Gasteiger charge is -1.97. The summed E-state index contributed by atoms with van der Waals surface area (Å²) in [6, 6.07) is 7.48. The summed E-state index contributed by atoms with van der Waals surface area (Å²) in [5.74, 6) is 0.704. The molecular weight excluding hydrogens is 320 g/mol. The van der Waals surface area contributed by atoms with Gasteiger partial charge in [0, 0.05) is 23.8 Å². The average molecular weight is 331 g/mol. The normalized spacial score (nSPS) is 11.4. The second-order valence-corrected chi connectivity index (χ2v) is 6.33. The maximum Gasteiger partial charge on any atom is 0.235 e. The quantitative estimate of drug-likeness (QED) is 0.566. The van der Waals surface area contributed by atoms with Crippen LogP contribution in [0.15, 0.2) is 30.5 Å². The molecule has 0 saturated carbocycles. The first kappa shape index (κ1) is 13.4. The summed E-state index contributed by atoms with van der Waals surface area (Å²) < 4.78 is 3.54. The van der Waals surface area contributed by atoms with Crippen molar-refractivity contribution in [2.75, 3.05) is 0 Å². The van der Waals surface area contributed by atoms with Crippen LogP contribution in [0.5, 0.6) is 0 Å². The van der Waals surface area contributed by atoms with E-state index in [1.54, 1.807) is 9.20 Å². The Balaban J connectivity index is 1.86. The molecule has 0 aliphatic rings. The molecule has 0 saturated heterocycles. The SMILES string of the molecule is Cc1nn(C)cc1-c1nn2c(-c3ccc(Cl)cc3)nnc2s1. The average Bonchev–Trinajstić information content (AvgIpc) is 3.13. The minimum absolute atomic E-state index is 0.689. The van der Waals surface area contributed by atoms with Crippen molar-refractivity contribution in [3.63, 3.8) is 0 Å². The van der Waals surface area contributed by atoms with E-state index in [0.717, 1.165) is 26.8 Å². The Bertz CT molecular complexity index is 965. The maximum atomic E-state index is 5.93. The molecule has 6 nitrogen and oxygen atoms in total. The topological polar surface area (TPSA) is 60.9 Å². The van der Waals surface area contributed by atoms with Gasteiger partial charge in [0.1, 0.15) is 0 Å². The molecule has 0 bridgehead atoms. The number of aryl methyl sites for hydroxylation is 2. The second-order valence-electron chi connectivity index (χ2n) is 4.93. The predicted molar refractivity (Wildman–Crippen MR) is 86.0 cm³/mol. The van der Waals surface area contributed by atoms with Gasteiger partial charge in [0.25, 0.3) is 0 Å². The molecular formula is C14H11ClN6S. The highest BCUT2D eigenvalue weighted by molar-refractivity contribution is 7.19. The molecule has 0 aliphatic heterocycles. The summed E-state index contributed by atoms with van der Waals surface area (Å²) in [5, 5.41) is 19.0. The van der Waals surface area contributed by atoms with Gasteiger partial charge < -0.3 is 0 Å². The number of hydrogen-bond donors (Lipinski definition) is 0. The number of nitrogens with zero attached hydrogens (tertiary/aromatic N) is 6. The summed E-state index contributed by atoms with van der Waals surface area (Å²) in [5.41, 5.74) is 2.89. The van der Waals surface area contributed by atoms with Crippen LogP contribution >= 0.6 is 22.9 Å². The van der Waals surface area contributed by atoms with Crippen LogP contribution in [-0.2, 0) is 7.05 Å². The highest BCUT2D eigenvalue weighted by Crippen LogP contribution is 2.29. The standard InChI is InChI=1S/C14H11ClN6S/c1-8-11(7-20(2)18-8)13-19-21-12(16-17-14(21)22-13)9-3-5-10(15)6-4-9/h3-7H,1-2H3. The first-order chi connectivity index (χ1) is 10.6. The van der Waals surface area contributed by atoms with Gasteiger partial charge in [-0.25, -0.2) is 0 Å². The maximum absolute atomic E-state index is 5.93. The van der Waals surface area contributed by atoms with Gasteiger partial charge in [0.2, 0.25) is 4.96 Å². The van der Waals surface area contributed by atoms with Crippen LogP contribution in [0, 0.1) is 6.92 Å². The molecule has 0 unspecified atom stereocenters. The highest BCUT2D eigenvalue weighted by Gasteiger charge is 2.16. The molecule has 0 amide bonds. The minimum atomic E-state index is 0.689. The molecule has 110 valence electrons. The molecule has 0 atom stereocenters. The number of hydrogen-bond acceptors (Lipinski definition) is 5. The fourth-order valence-electron chi connectivity index (χ4n) is 2.31. The van der Waals surface area contributed by atoms with Gasteiger partial charge in [-0.1, -0.05) is 22.9 Å². The lowest BCUT2D eigenvalue weighted by Crippen LogP contribution is -1.91. The zero-order valence-electron chi connectivity index (χ0n) is 11.9. The molecule has 0 fully saturated rings. The summed E-state index contributed by atoms with van der Waals surface area (Å²) in [7, 11) is 1.90. The fourth-order valence-corrected chi connectivity index (χ4v) is 3.34. The van der Waals surface area contributed by atoms with E-state index >= 15 is 0 Å². The van der Waals surface area contributed by atoms with Crippen molar-refractivity contribution in [1.82, 2.24) is 29.6 Å². The molecule has 8 heteroatoms. The third kappa shape index (κ3) is 2.10. The monoisotopic (exact) mass is 330 g/mol. The lowest BCUT2D eigenvalue weighted by atomic mass is 10.2. The van der Waals surface area contributed by atoms with Crippen LogP contribution in [0.4, 0.5) is 0 Å². The Hall–Kier alpha value is -2.25.